The van der Waals surface area contributed by atoms with Gasteiger partial charge in [-0.1, -0.05) is 0 Å². The van der Waals surface area contributed by atoms with Crippen LogP contribution >= 0.6 is 0 Å². The molecular weight excluding hydrogens is 246 g/mol. The van der Waals surface area contributed by atoms with Crippen LogP contribution in [0.5, 0.6) is 11.5 Å². The number of phenols is 2. The van der Waals surface area contributed by atoms with E-state index in [1.807, 2.05) is 0 Å². The number of hydrogen-bond acceptors (Lipinski definition) is 5. The van der Waals surface area contributed by atoms with E-state index in [1.54, 1.807) is 0 Å². The number of aromatic hydroxyl groups is 2. The van der Waals surface area contributed by atoms with Crippen molar-refractivity contribution in [2.24, 2.45) is 0 Å². The van der Waals surface area contributed by atoms with Crippen molar-refractivity contribution in [3.63, 3.8) is 0 Å². The summed E-state index contributed by atoms with van der Waals surface area (Å²) in [6.45, 7) is 1.67. The maximum absolute atomic E-state index is 11.4. The highest BCUT2D eigenvalue weighted by atomic mass is 32.2. The van der Waals surface area contributed by atoms with Gasteiger partial charge in [0.15, 0.2) is 16.4 Å². The minimum atomic E-state index is -4.37. The second-order valence-corrected chi connectivity index (χ2v) is 5.95. The highest BCUT2D eigenvalue weighted by Gasteiger charge is 2.43. The third-order valence-electron chi connectivity index (χ3n) is 3.09. The lowest BCUT2D eigenvalue weighted by molar-refractivity contribution is 0.375. The van der Waals surface area contributed by atoms with Crippen LogP contribution in [0, 0.1) is 0 Å². The lowest BCUT2D eigenvalue weighted by Gasteiger charge is -2.34. The largest absolute Gasteiger partial charge is 0.504 e. The average Bonchev–Trinajstić information content (AvgIpc) is 2.20. The van der Waals surface area contributed by atoms with Crippen LogP contribution in [0.25, 0.3) is 0 Å². The summed E-state index contributed by atoms with van der Waals surface area (Å²) in [5, 5.41) is 21.5. The van der Waals surface area contributed by atoms with E-state index in [0.29, 0.717) is 18.5 Å². The summed E-state index contributed by atoms with van der Waals surface area (Å²) in [6.07, 6.45) is 0.508. The van der Waals surface area contributed by atoms with Gasteiger partial charge in [0.05, 0.1) is 0 Å². The number of fused-ring (bicyclic) bond motifs is 1. The van der Waals surface area contributed by atoms with Crippen LogP contribution in [0.15, 0.2) is 12.1 Å². The second-order valence-electron chi connectivity index (χ2n) is 4.18. The third kappa shape index (κ3) is 1.76. The van der Waals surface area contributed by atoms with Gasteiger partial charge >= 0.3 is 0 Å². The average molecular weight is 259 g/mol. The van der Waals surface area contributed by atoms with Crippen LogP contribution in [0.1, 0.15) is 18.1 Å². The molecule has 1 aromatic rings. The maximum Gasteiger partial charge on any atom is 0.288 e. The van der Waals surface area contributed by atoms with Gasteiger partial charge in [-0.25, -0.2) is 0 Å². The van der Waals surface area contributed by atoms with Crippen molar-refractivity contribution in [1.82, 2.24) is 5.32 Å². The lowest BCUT2D eigenvalue weighted by atomic mass is 9.94. The van der Waals surface area contributed by atoms with Crippen LogP contribution in [-0.4, -0.2) is 29.7 Å². The fourth-order valence-electron chi connectivity index (χ4n) is 2.03. The molecular formula is C10H13NO5S. The van der Waals surface area contributed by atoms with Crippen LogP contribution < -0.4 is 5.32 Å². The first-order valence-corrected chi connectivity index (χ1v) is 6.47. The summed E-state index contributed by atoms with van der Waals surface area (Å²) >= 11 is 0. The van der Waals surface area contributed by atoms with E-state index < -0.39 is 20.7 Å². The molecule has 17 heavy (non-hydrogen) atoms. The summed E-state index contributed by atoms with van der Waals surface area (Å²) in [6, 6.07) is 2.47. The van der Waals surface area contributed by atoms with Gasteiger partial charge in [-0.15, -0.1) is 0 Å². The molecule has 4 N–H and O–H groups in total. The van der Waals surface area contributed by atoms with E-state index in [4.69, 9.17) is 0 Å². The first-order valence-electron chi connectivity index (χ1n) is 5.03. The zero-order valence-electron chi connectivity index (χ0n) is 9.14. The SMILES string of the molecule is CC1(S(=O)(=O)O)NCCc2cc(O)c(O)cc21. The molecule has 7 heteroatoms. The molecule has 0 saturated carbocycles. The van der Waals surface area contributed by atoms with Gasteiger partial charge in [0, 0.05) is 6.54 Å². The Morgan fingerprint density at radius 3 is 2.47 bits per heavy atom. The Balaban J connectivity index is 2.71. The van der Waals surface area contributed by atoms with E-state index in [2.05, 4.69) is 5.32 Å². The minimum Gasteiger partial charge on any atom is -0.504 e. The Bertz CT molecular complexity index is 568. The number of benzene rings is 1. The van der Waals surface area contributed by atoms with Crippen LogP contribution in [0.2, 0.25) is 0 Å². The molecule has 1 heterocycles. The van der Waals surface area contributed by atoms with Crippen molar-refractivity contribution < 1.29 is 23.2 Å². The molecule has 94 valence electrons. The first kappa shape index (κ1) is 12.2. The highest BCUT2D eigenvalue weighted by molar-refractivity contribution is 7.86. The molecule has 0 bridgehead atoms. The summed E-state index contributed by atoms with van der Waals surface area (Å²) < 4.78 is 32.1. The monoisotopic (exact) mass is 259 g/mol. The molecule has 0 aromatic heterocycles. The van der Waals surface area contributed by atoms with Crippen molar-refractivity contribution in [1.29, 1.82) is 0 Å². The van der Waals surface area contributed by atoms with Crippen molar-refractivity contribution in [2.45, 2.75) is 18.2 Å². The van der Waals surface area contributed by atoms with E-state index >= 15 is 0 Å². The number of rotatable bonds is 1. The van der Waals surface area contributed by atoms with Gasteiger partial charge in [-0.3, -0.25) is 9.87 Å². The van der Waals surface area contributed by atoms with E-state index in [9.17, 15) is 23.2 Å². The molecule has 2 rings (SSSR count). The van der Waals surface area contributed by atoms with Crippen molar-refractivity contribution >= 4 is 10.1 Å². The molecule has 1 aromatic carbocycles. The summed E-state index contributed by atoms with van der Waals surface area (Å²) in [7, 11) is -4.37. The fraction of sp³-hybridized carbons (Fsp3) is 0.400. The van der Waals surface area contributed by atoms with Gasteiger partial charge < -0.3 is 10.2 Å². The van der Waals surface area contributed by atoms with Gasteiger partial charge in [0.2, 0.25) is 0 Å². The van der Waals surface area contributed by atoms with E-state index in [0.717, 1.165) is 6.07 Å². The smallest absolute Gasteiger partial charge is 0.288 e. The van der Waals surface area contributed by atoms with Crippen LogP contribution in [0.3, 0.4) is 0 Å². The van der Waals surface area contributed by atoms with Gasteiger partial charge in [-0.05, 0) is 36.6 Å². The van der Waals surface area contributed by atoms with Crippen LogP contribution in [0.4, 0.5) is 0 Å². The van der Waals surface area contributed by atoms with Crippen molar-refractivity contribution in [3.05, 3.63) is 23.3 Å². The lowest BCUT2D eigenvalue weighted by Crippen LogP contribution is -2.50. The van der Waals surface area contributed by atoms with E-state index in [-0.39, 0.29) is 11.3 Å². The molecule has 0 saturated heterocycles. The quantitative estimate of drug-likeness (QED) is 0.427. The predicted molar refractivity (Wildman–Crippen MR) is 60.4 cm³/mol. The molecule has 0 aliphatic carbocycles. The molecule has 6 nitrogen and oxygen atoms in total. The standard InChI is InChI=1S/C10H13NO5S/c1-10(17(14,15)16)7-5-9(13)8(12)4-6(7)2-3-11-10/h4-5,11-13H,2-3H2,1H3,(H,14,15,16). The van der Waals surface area contributed by atoms with Crippen molar-refractivity contribution in [2.75, 3.05) is 6.54 Å². The third-order valence-corrected chi connectivity index (χ3v) is 4.48. The topological polar surface area (TPSA) is 107 Å². The van der Waals surface area contributed by atoms with Gasteiger partial charge in [-0.2, -0.15) is 8.42 Å². The second kappa shape index (κ2) is 3.59. The van der Waals surface area contributed by atoms with Gasteiger partial charge in [0.1, 0.15) is 0 Å². The first-order chi connectivity index (χ1) is 7.75. The Morgan fingerprint density at radius 2 is 1.88 bits per heavy atom. The number of phenolic OH excluding ortho intramolecular Hbond substituents is 2. The molecule has 1 aliphatic heterocycles. The zero-order valence-corrected chi connectivity index (χ0v) is 9.95. The molecule has 0 radical (unpaired) electrons. The molecule has 0 spiro atoms. The zero-order chi connectivity index (χ0) is 12.8. The Kier molecular flexibility index (Phi) is 2.57. The van der Waals surface area contributed by atoms with Gasteiger partial charge in [0.25, 0.3) is 10.1 Å². The van der Waals surface area contributed by atoms with Crippen LogP contribution in [-0.2, 0) is 21.4 Å². The maximum atomic E-state index is 11.4. The molecule has 1 unspecified atom stereocenters. The Hall–Kier alpha value is -1.31. The molecule has 0 amide bonds. The predicted octanol–water partition coefficient (Wildman–Crippen LogP) is 0.304. The van der Waals surface area contributed by atoms with E-state index in [1.165, 1.54) is 13.0 Å². The normalized spacial score (nSPS) is 24.4. The molecule has 1 atom stereocenters. The summed E-state index contributed by atoms with van der Waals surface area (Å²) in [5.74, 6) is -0.717. The summed E-state index contributed by atoms with van der Waals surface area (Å²) in [4.78, 5) is -1.66. The highest BCUT2D eigenvalue weighted by Crippen LogP contribution is 2.38. The Labute approximate surface area is 98.7 Å². The minimum absolute atomic E-state index is 0.251. The Morgan fingerprint density at radius 1 is 1.29 bits per heavy atom. The molecule has 0 fully saturated rings. The van der Waals surface area contributed by atoms with Crippen molar-refractivity contribution in [3.8, 4) is 11.5 Å². The number of nitrogens with one attached hydrogen (secondary N) is 1. The number of hydrogen-bond donors (Lipinski definition) is 4. The summed E-state index contributed by atoms with van der Waals surface area (Å²) in [5.41, 5.74) is 0.834. The fourth-order valence-corrected chi connectivity index (χ4v) is 2.78. The molecule has 1 aliphatic rings.